The van der Waals surface area contributed by atoms with E-state index in [9.17, 15) is 9.59 Å². The van der Waals surface area contributed by atoms with Crippen molar-refractivity contribution in [2.24, 2.45) is 0 Å². The van der Waals surface area contributed by atoms with Crippen LogP contribution in [0.2, 0.25) is 0 Å². The maximum atomic E-state index is 13.8. The average Bonchev–Trinajstić information content (AvgIpc) is 2.98. The first-order chi connectivity index (χ1) is 19.0. The SMILES string of the molecule is CCCNC(=O)C(Cc1ccccc1)N(Cc1cccc(OC)c1)C(=O)COc1ccc2ccccc2c1Br. The molecular weight excluding hydrogens is 556 g/mol. The van der Waals surface area contributed by atoms with Crippen LogP contribution < -0.4 is 14.8 Å². The van der Waals surface area contributed by atoms with E-state index in [0.29, 0.717) is 24.5 Å². The molecule has 4 aromatic carbocycles. The molecule has 0 bridgehead atoms. The molecule has 0 radical (unpaired) electrons. The van der Waals surface area contributed by atoms with Gasteiger partial charge in [0.1, 0.15) is 17.5 Å². The molecule has 0 heterocycles. The molecule has 0 saturated heterocycles. The molecule has 0 spiro atoms. The highest BCUT2D eigenvalue weighted by Gasteiger charge is 2.30. The van der Waals surface area contributed by atoms with Gasteiger partial charge in [-0.15, -0.1) is 0 Å². The Kier molecular flexibility index (Phi) is 9.97. The Hall–Kier alpha value is -3.84. The molecule has 1 atom stereocenters. The molecule has 0 aliphatic heterocycles. The van der Waals surface area contributed by atoms with Crippen LogP contribution in [0.3, 0.4) is 0 Å². The number of amides is 2. The van der Waals surface area contributed by atoms with Crippen LogP contribution in [0.1, 0.15) is 24.5 Å². The Morgan fingerprint density at radius 2 is 1.67 bits per heavy atom. The minimum Gasteiger partial charge on any atom is -0.497 e. The zero-order valence-corrected chi connectivity index (χ0v) is 23.8. The Morgan fingerprint density at radius 1 is 0.923 bits per heavy atom. The summed E-state index contributed by atoms with van der Waals surface area (Å²) in [7, 11) is 1.60. The number of fused-ring (bicyclic) bond motifs is 1. The lowest BCUT2D eigenvalue weighted by Gasteiger charge is -2.31. The summed E-state index contributed by atoms with van der Waals surface area (Å²) >= 11 is 3.64. The van der Waals surface area contributed by atoms with Crippen molar-refractivity contribution >= 4 is 38.5 Å². The van der Waals surface area contributed by atoms with Gasteiger partial charge in [-0.2, -0.15) is 0 Å². The van der Waals surface area contributed by atoms with Crippen molar-refractivity contribution in [1.82, 2.24) is 10.2 Å². The second-order valence-corrected chi connectivity index (χ2v) is 10.1. The summed E-state index contributed by atoms with van der Waals surface area (Å²) < 4.78 is 12.2. The number of nitrogens with zero attached hydrogens (tertiary/aromatic N) is 1. The third-order valence-electron chi connectivity index (χ3n) is 6.49. The van der Waals surface area contributed by atoms with E-state index < -0.39 is 6.04 Å². The van der Waals surface area contributed by atoms with Crippen LogP contribution in [0, 0.1) is 0 Å². The first-order valence-electron chi connectivity index (χ1n) is 13.0. The lowest BCUT2D eigenvalue weighted by molar-refractivity contribution is -0.142. The van der Waals surface area contributed by atoms with E-state index >= 15 is 0 Å². The molecule has 0 aliphatic rings. The lowest BCUT2D eigenvalue weighted by atomic mass is 10.0. The molecule has 4 rings (SSSR count). The Morgan fingerprint density at radius 3 is 2.44 bits per heavy atom. The van der Waals surface area contributed by atoms with Crippen LogP contribution in [-0.4, -0.2) is 43.0 Å². The van der Waals surface area contributed by atoms with E-state index in [1.165, 1.54) is 0 Å². The summed E-state index contributed by atoms with van der Waals surface area (Å²) in [4.78, 5) is 28.9. The van der Waals surface area contributed by atoms with E-state index in [-0.39, 0.29) is 25.0 Å². The van der Waals surface area contributed by atoms with Crippen LogP contribution in [0.25, 0.3) is 10.8 Å². The third kappa shape index (κ3) is 7.39. The van der Waals surface area contributed by atoms with Gasteiger partial charge < -0.3 is 19.7 Å². The first kappa shape index (κ1) is 28.2. The maximum Gasteiger partial charge on any atom is 0.261 e. The monoisotopic (exact) mass is 588 g/mol. The Bertz CT molecular complexity index is 1410. The van der Waals surface area contributed by atoms with Gasteiger partial charge in [0, 0.05) is 19.5 Å². The van der Waals surface area contributed by atoms with Gasteiger partial charge in [0.05, 0.1) is 11.6 Å². The number of halogens is 1. The van der Waals surface area contributed by atoms with E-state index in [2.05, 4.69) is 21.2 Å². The van der Waals surface area contributed by atoms with Crippen molar-refractivity contribution in [1.29, 1.82) is 0 Å². The van der Waals surface area contributed by atoms with Crippen LogP contribution in [0.5, 0.6) is 11.5 Å². The van der Waals surface area contributed by atoms with Crippen LogP contribution in [0.4, 0.5) is 0 Å². The van der Waals surface area contributed by atoms with Crippen LogP contribution in [-0.2, 0) is 22.6 Å². The van der Waals surface area contributed by atoms with Crippen LogP contribution in [0.15, 0.2) is 95.5 Å². The van der Waals surface area contributed by atoms with Crippen molar-refractivity contribution in [3.05, 3.63) is 107 Å². The number of ether oxygens (including phenoxy) is 2. The van der Waals surface area contributed by atoms with Gasteiger partial charge in [-0.25, -0.2) is 0 Å². The number of hydrogen-bond donors (Lipinski definition) is 1. The molecule has 4 aromatic rings. The number of rotatable bonds is 12. The van der Waals surface area contributed by atoms with Gasteiger partial charge in [0.15, 0.2) is 6.61 Å². The highest BCUT2D eigenvalue weighted by Crippen LogP contribution is 2.33. The number of methoxy groups -OCH3 is 1. The van der Waals surface area contributed by atoms with Gasteiger partial charge in [-0.05, 0) is 62.4 Å². The Balaban J connectivity index is 1.64. The topological polar surface area (TPSA) is 67.9 Å². The van der Waals surface area contributed by atoms with E-state index in [4.69, 9.17) is 9.47 Å². The number of hydrogen-bond acceptors (Lipinski definition) is 4. The summed E-state index contributed by atoms with van der Waals surface area (Å²) in [5, 5.41) is 5.06. The van der Waals surface area contributed by atoms with Gasteiger partial charge in [0.2, 0.25) is 5.91 Å². The normalized spacial score (nSPS) is 11.6. The van der Waals surface area contributed by atoms with Gasteiger partial charge in [-0.1, -0.05) is 79.7 Å². The van der Waals surface area contributed by atoms with Crippen LogP contribution >= 0.6 is 15.9 Å². The molecule has 6 nitrogen and oxygen atoms in total. The van der Waals surface area contributed by atoms with Crippen molar-refractivity contribution in [2.75, 3.05) is 20.3 Å². The first-order valence-corrected chi connectivity index (χ1v) is 13.8. The molecule has 1 unspecified atom stereocenters. The largest absolute Gasteiger partial charge is 0.497 e. The molecule has 0 saturated carbocycles. The molecule has 39 heavy (non-hydrogen) atoms. The predicted octanol–water partition coefficient (Wildman–Crippen LogP) is 6.16. The zero-order valence-electron chi connectivity index (χ0n) is 22.2. The predicted molar refractivity (Wildman–Crippen MR) is 158 cm³/mol. The lowest BCUT2D eigenvalue weighted by Crippen LogP contribution is -2.51. The van der Waals surface area contributed by atoms with Gasteiger partial charge in [0.25, 0.3) is 5.91 Å². The molecule has 7 heteroatoms. The van der Waals surface area contributed by atoms with Crippen molar-refractivity contribution in [2.45, 2.75) is 32.4 Å². The minimum atomic E-state index is -0.721. The number of carbonyl (C=O) groups excluding carboxylic acids is 2. The number of nitrogens with one attached hydrogen (secondary N) is 1. The quantitative estimate of drug-likeness (QED) is 0.215. The zero-order chi connectivity index (χ0) is 27.6. The minimum absolute atomic E-state index is 0.191. The second kappa shape index (κ2) is 13.8. The van der Waals surface area contributed by atoms with Crippen molar-refractivity contribution in [3.8, 4) is 11.5 Å². The summed E-state index contributed by atoms with van der Waals surface area (Å²) in [6, 6.07) is 28.3. The van der Waals surface area contributed by atoms with Crippen molar-refractivity contribution in [3.63, 3.8) is 0 Å². The molecule has 0 fully saturated rings. The van der Waals surface area contributed by atoms with E-state index in [0.717, 1.165) is 32.8 Å². The summed E-state index contributed by atoms with van der Waals surface area (Å²) in [6.07, 6.45) is 1.18. The molecular formula is C32H33BrN2O4. The van der Waals surface area contributed by atoms with Gasteiger partial charge >= 0.3 is 0 Å². The Labute approximate surface area is 238 Å². The smallest absolute Gasteiger partial charge is 0.261 e. The number of benzene rings is 4. The molecule has 0 aliphatic carbocycles. The molecule has 1 N–H and O–H groups in total. The van der Waals surface area contributed by atoms with E-state index in [1.54, 1.807) is 12.0 Å². The molecule has 2 amide bonds. The average molecular weight is 590 g/mol. The number of carbonyl (C=O) groups is 2. The fourth-order valence-corrected chi connectivity index (χ4v) is 5.04. The molecule has 0 aromatic heterocycles. The summed E-state index contributed by atoms with van der Waals surface area (Å²) in [5.74, 6) is 0.777. The fraction of sp³-hybridized carbons (Fsp3) is 0.250. The second-order valence-electron chi connectivity index (χ2n) is 9.26. The maximum absolute atomic E-state index is 13.8. The van der Waals surface area contributed by atoms with E-state index in [1.807, 2.05) is 97.9 Å². The third-order valence-corrected chi connectivity index (χ3v) is 7.30. The van der Waals surface area contributed by atoms with Gasteiger partial charge in [-0.3, -0.25) is 9.59 Å². The highest BCUT2D eigenvalue weighted by atomic mass is 79.9. The molecule has 202 valence electrons. The highest BCUT2D eigenvalue weighted by molar-refractivity contribution is 9.10. The summed E-state index contributed by atoms with van der Waals surface area (Å²) in [5.41, 5.74) is 1.83. The fourth-order valence-electron chi connectivity index (χ4n) is 4.43. The van der Waals surface area contributed by atoms with Crippen molar-refractivity contribution < 1.29 is 19.1 Å². The standard InChI is InChI=1S/C32H33BrN2O4/c1-3-18-34-32(37)28(20-23-10-5-4-6-11-23)35(21-24-12-9-14-26(19-24)38-2)30(36)22-39-29-17-16-25-13-7-8-15-27(25)31(29)33/h4-17,19,28H,3,18,20-22H2,1-2H3,(H,34,37). The summed E-state index contributed by atoms with van der Waals surface area (Å²) in [6.45, 7) is 2.55.